The zero-order valence-electron chi connectivity index (χ0n) is 17.4. The molecule has 5 heteroatoms. The number of pyridine rings is 1. The summed E-state index contributed by atoms with van der Waals surface area (Å²) in [6.45, 7) is 12.7. The van der Waals surface area contributed by atoms with Crippen LogP contribution in [0.3, 0.4) is 0 Å². The Morgan fingerprint density at radius 1 is 1.28 bits per heavy atom. The fourth-order valence-electron chi connectivity index (χ4n) is 2.82. The predicted molar refractivity (Wildman–Crippen MR) is 121 cm³/mol. The summed E-state index contributed by atoms with van der Waals surface area (Å²) < 4.78 is 13.4. The molecule has 0 atom stereocenters. The van der Waals surface area contributed by atoms with Gasteiger partial charge in [-0.15, -0.1) is 0 Å². The molecule has 0 radical (unpaired) electrons. The minimum Gasteiger partial charge on any atom is -0.397 e. The predicted octanol–water partition coefficient (Wildman–Crippen LogP) is 4.86. The highest BCUT2D eigenvalue weighted by Crippen LogP contribution is 2.30. The fourth-order valence-corrected chi connectivity index (χ4v) is 2.82. The lowest BCUT2D eigenvalue weighted by Gasteiger charge is -2.28. The number of aliphatic imine (C=N–C) groups is 1. The summed E-state index contributed by atoms with van der Waals surface area (Å²) in [7, 11) is 1.71. The molecule has 29 heavy (non-hydrogen) atoms. The van der Waals surface area contributed by atoms with Crippen LogP contribution in [-0.2, 0) is 0 Å². The van der Waals surface area contributed by atoms with Crippen LogP contribution in [-0.4, -0.2) is 24.3 Å². The molecule has 1 aromatic rings. The van der Waals surface area contributed by atoms with Gasteiger partial charge in [0.2, 0.25) is 0 Å². The average molecular weight is 393 g/mol. The van der Waals surface area contributed by atoms with Crippen molar-refractivity contribution in [1.29, 1.82) is 0 Å². The largest absolute Gasteiger partial charge is 0.397 e. The number of hydrogen-bond acceptors (Lipinski definition) is 4. The van der Waals surface area contributed by atoms with E-state index in [-0.39, 0.29) is 11.2 Å². The third-order valence-corrected chi connectivity index (χ3v) is 4.71. The van der Waals surface area contributed by atoms with Crippen LogP contribution in [0.15, 0.2) is 89.9 Å². The molecule has 0 unspecified atom stereocenters. The van der Waals surface area contributed by atoms with E-state index in [1.807, 2.05) is 42.5 Å². The molecular formula is C24H29FN4. The number of nitrogens with zero attached hydrogens (tertiary/aromatic N) is 2. The third-order valence-electron chi connectivity index (χ3n) is 4.71. The normalized spacial score (nSPS) is 15.0. The van der Waals surface area contributed by atoms with Gasteiger partial charge in [0, 0.05) is 24.7 Å². The van der Waals surface area contributed by atoms with Crippen molar-refractivity contribution in [2.45, 2.75) is 20.3 Å². The Morgan fingerprint density at radius 3 is 2.69 bits per heavy atom. The Bertz CT molecular complexity index is 930. The van der Waals surface area contributed by atoms with Gasteiger partial charge in [0.1, 0.15) is 5.83 Å². The second-order valence-corrected chi connectivity index (χ2v) is 7.49. The molecule has 0 aromatic carbocycles. The summed E-state index contributed by atoms with van der Waals surface area (Å²) in [4.78, 5) is 8.78. The van der Waals surface area contributed by atoms with Crippen LogP contribution >= 0.6 is 0 Å². The van der Waals surface area contributed by atoms with Crippen LogP contribution < -0.4 is 11.1 Å². The molecule has 0 fully saturated rings. The number of halogens is 1. The van der Waals surface area contributed by atoms with Gasteiger partial charge in [-0.25, -0.2) is 9.37 Å². The standard InChI is InChI=1S/C24H29FN4/c1-17(28-16-24(3,4)19-8-6-9-20(25)14-13-19)12-15-22(27-5)23-11-7-10-21(29-23)18(2)26/h6-7,9-15,28H,1-2,8,16,26H2,3-5H3/b15-12-,27-22+. The van der Waals surface area contributed by atoms with Crippen molar-refractivity contribution in [3.05, 3.63) is 96.3 Å². The average Bonchev–Trinajstić information content (AvgIpc) is 2.92. The first-order valence-corrected chi connectivity index (χ1v) is 9.46. The van der Waals surface area contributed by atoms with E-state index in [1.165, 1.54) is 12.2 Å². The molecule has 2 rings (SSSR count). The van der Waals surface area contributed by atoms with Crippen molar-refractivity contribution in [3.63, 3.8) is 0 Å². The summed E-state index contributed by atoms with van der Waals surface area (Å²) in [5.41, 5.74) is 9.97. The van der Waals surface area contributed by atoms with Gasteiger partial charge < -0.3 is 11.1 Å². The van der Waals surface area contributed by atoms with Gasteiger partial charge in [-0.05, 0) is 42.9 Å². The minimum absolute atomic E-state index is 0.151. The van der Waals surface area contributed by atoms with E-state index in [2.05, 4.69) is 42.3 Å². The molecular weight excluding hydrogens is 363 g/mol. The van der Waals surface area contributed by atoms with E-state index >= 15 is 0 Å². The molecule has 0 bridgehead atoms. The molecule has 1 aromatic heterocycles. The summed E-state index contributed by atoms with van der Waals surface area (Å²) in [6.07, 6.45) is 11.2. The Hall–Kier alpha value is -3.21. The van der Waals surface area contributed by atoms with Gasteiger partial charge in [0.15, 0.2) is 0 Å². The van der Waals surface area contributed by atoms with Crippen LogP contribution in [0, 0.1) is 5.41 Å². The molecule has 0 saturated heterocycles. The van der Waals surface area contributed by atoms with Crippen molar-refractivity contribution in [2.24, 2.45) is 16.1 Å². The minimum atomic E-state index is -0.224. The maximum absolute atomic E-state index is 13.4. The number of hydrogen-bond donors (Lipinski definition) is 2. The van der Waals surface area contributed by atoms with E-state index < -0.39 is 0 Å². The maximum Gasteiger partial charge on any atom is 0.122 e. The molecule has 4 nitrogen and oxygen atoms in total. The van der Waals surface area contributed by atoms with Gasteiger partial charge in [-0.1, -0.05) is 50.8 Å². The molecule has 0 saturated carbocycles. The monoisotopic (exact) mass is 392 g/mol. The van der Waals surface area contributed by atoms with E-state index in [9.17, 15) is 4.39 Å². The van der Waals surface area contributed by atoms with E-state index in [4.69, 9.17) is 5.73 Å². The molecule has 0 spiro atoms. The number of aromatic nitrogens is 1. The fraction of sp³-hybridized carbons (Fsp3) is 0.250. The van der Waals surface area contributed by atoms with Crippen molar-refractivity contribution >= 4 is 11.4 Å². The van der Waals surface area contributed by atoms with E-state index in [1.54, 1.807) is 7.05 Å². The first-order valence-electron chi connectivity index (χ1n) is 9.46. The summed E-state index contributed by atoms with van der Waals surface area (Å²) in [6, 6.07) is 5.55. The van der Waals surface area contributed by atoms with Crippen LogP contribution in [0.25, 0.3) is 5.70 Å². The molecule has 0 amide bonds. The van der Waals surface area contributed by atoms with Crippen molar-refractivity contribution < 1.29 is 4.39 Å². The molecule has 1 aliphatic carbocycles. The zero-order valence-corrected chi connectivity index (χ0v) is 17.4. The van der Waals surface area contributed by atoms with Gasteiger partial charge in [0.25, 0.3) is 0 Å². The van der Waals surface area contributed by atoms with E-state index in [0.29, 0.717) is 29.3 Å². The van der Waals surface area contributed by atoms with Gasteiger partial charge in [-0.2, -0.15) is 0 Å². The summed E-state index contributed by atoms with van der Waals surface area (Å²) in [5, 5.41) is 3.34. The maximum atomic E-state index is 13.4. The summed E-state index contributed by atoms with van der Waals surface area (Å²) >= 11 is 0. The van der Waals surface area contributed by atoms with Gasteiger partial charge in [-0.3, -0.25) is 4.99 Å². The lowest BCUT2D eigenvalue weighted by Crippen LogP contribution is -2.30. The molecule has 3 N–H and O–H groups in total. The Balaban J connectivity index is 2.02. The highest BCUT2D eigenvalue weighted by molar-refractivity contribution is 6.07. The molecule has 1 heterocycles. The number of allylic oxidation sites excluding steroid dienone is 7. The van der Waals surface area contributed by atoms with Crippen LogP contribution in [0.2, 0.25) is 0 Å². The number of nitrogens with one attached hydrogen (secondary N) is 1. The zero-order chi connectivity index (χ0) is 21.4. The summed E-state index contributed by atoms with van der Waals surface area (Å²) in [5.74, 6) is -0.224. The Kier molecular flexibility index (Phi) is 7.48. The Morgan fingerprint density at radius 2 is 2.00 bits per heavy atom. The highest BCUT2D eigenvalue weighted by atomic mass is 19.1. The van der Waals surface area contributed by atoms with Gasteiger partial charge in [0.05, 0.1) is 22.8 Å². The first-order chi connectivity index (χ1) is 13.7. The van der Waals surface area contributed by atoms with Crippen LogP contribution in [0.4, 0.5) is 4.39 Å². The van der Waals surface area contributed by atoms with Crippen LogP contribution in [0.1, 0.15) is 31.7 Å². The quantitative estimate of drug-likeness (QED) is 0.491. The lowest BCUT2D eigenvalue weighted by atomic mass is 9.82. The van der Waals surface area contributed by atoms with Crippen molar-refractivity contribution in [3.8, 4) is 0 Å². The highest BCUT2D eigenvalue weighted by Gasteiger charge is 2.22. The van der Waals surface area contributed by atoms with E-state index in [0.717, 1.165) is 17.7 Å². The molecule has 152 valence electrons. The second-order valence-electron chi connectivity index (χ2n) is 7.49. The smallest absolute Gasteiger partial charge is 0.122 e. The molecule has 1 aliphatic rings. The second kappa shape index (κ2) is 9.82. The third kappa shape index (κ3) is 6.42. The van der Waals surface area contributed by atoms with Crippen molar-refractivity contribution in [2.75, 3.05) is 13.6 Å². The number of rotatable bonds is 8. The topological polar surface area (TPSA) is 63.3 Å². The first kappa shape index (κ1) is 22.1. The molecule has 0 aliphatic heterocycles. The van der Waals surface area contributed by atoms with Crippen molar-refractivity contribution in [1.82, 2.24) is 10.3 Å². The SMILES string of the molecule is C=C(/C=C\C(=N/C)c1cccc(C(=C)N)n1)NCC(C)(C)C1=CC=C(F)C=CC1. The van der Waals surface area contributed by atoms with Gasteiger partial charge >= 0.3 is 0 Å². The lowest BCUT2D eigenvalue weighted by molar-refractivity contribution is 0.422. The van der Waals surface area contributed by atoms with Crippen LogP contribution in [0.5, 0.6) is 0 Å². The Labute approximate surface area is 172 Å². The number of nitrogens with two attached hydrogens (primary N) is 1.